The van der Waals surface area contributed by atoms with Crippen molar-refractivity contribution in [2.45, 2.75) is 19.4 Å². The second-order valence-electron chi connectivity index (χ2n) is 6.38. The summed E-state index contributed by atoms with van der Waals surface area (Å²) in [6, 6.07) is 28.6. The zero-order chi connectivity index (χ0) is 19.1. The van der Waals surface area contributed by atoms with Crippen LogP contribution in [0.2, 0.25) is 0 Å². The van der Waals surface area contributed by atoms with Crippen molar-refractivity contribution in [3.8, 4) is 6.07 Å². The van der Waals surface area contributed by atoms with Gasteiger partial charge in [-0.25, -0.2) is 0 Å². The van der Waals surface area contributed by atoms with Crippen LogP contribution in [0.3, 0.4) is 0 Å². The van der Waals surface area contributed by atoms with E-state index in [0.717, 1.165) is 22.4 Å². The largest absolute Gasteiger partial charge is 0.352 e. The van der Waals surface area contributed by atoms with Crippen LogP contribution < -0.4 is 10.6 Å². The third kappa shape index (κ3) is 5.16. The number of rotatable bonds is 5. The Balaban J connectivity index is 1.76. The van der Waals surface area contributed by atoms with Gasteiger partial charge in [0.15, 0.2) is 5.11 Å². The monoisotopic (exact) mass is 371 g/mol. The molecule has 0 unspecified atom stereocenters. The van der Waals surface area contributed by atoms with Gasteiger partial charge < -0.3 is 10.6 Å². The molecule has 0 aliphatic rings. The van der Waals surface area contributed by atoms with Gasteiger partial charge in [-0.1, -0.05) is 72.3 Å². The minimum Gasteiger partial charge on any atom is -0.352 e. The quantitative estimate of drug-likeness (QED) is 0.610. The van der Waals surface area contributed by atoms with E-state index < -0.39 is 0 Å². The molecule has 3 rings (SSSR count). The minimum absolute atomic E-state index is 0.0373. The number of nitriles is 1. The fraction of sp³-hybridized carbons (Fsp3) is 0.130. The van der Waals surface area contributed by atoms with E-state index in [0.29, 0.717) is 11.5 Å². The Hall–Kier alpha value is -3.16. The summed E-state index contributed by atoms with van der Waals surface area (Å²) in [6.45, 7) is 2.08. The molecule has 3 aromatic carbocycles. The maximum Gasteiger partial charge on any atom is 0.171 e. The molecule has 0 radical (unpaired) electrons. The van der Waals surface area contributed by atoms with E-state index in [1.165, 1.54) is 5.56 Å². The summed E-state index contributed by atoms with van der Waals surface area (Å²) in [7, 11) is 0. The van der Waals surface area contributed by atoms with Crippen LogP contribution in [-0.4, -0.2) is 5.11 Å². The molecule has 0 bridgehead atoms. The summed E-state index contributed by atoms with van der Waals surface area (Å²) in [6.07, 6.45) is 0.409. The number of aryl methyl sites for hydroxylation is 1. The van der Waals surface area contributed by atoms with E-state index in [1.54, 1.807) is 0 Å². The third-order valence-electron chi connectivity index (χ3n) is 4.31. The Kier molecular flexibility index (Phi) is 6.19. The molecule has 0 saturated heterocycles. The molecule has 134 valence electrons. The molecule has 0 aliphatic heterocycles. The Labute approximate surface area is 165 Å². The van der Waals surface area contributed by atoms with Crippen molar-refractivity contribution in [3.05, 3.63) is 101 Å². The summed E-state index contributed by atoms with van der Waals surface area (Å²) < 4.78 is 0. The molecule has 27 heavy (non-hydrogen) atoms. The van der Waals surface area contributed by atoms with Crippen molar-refractivity contribution >= 4 is 23.0 Å². The maximum absolute atomic E-state index is 8.77. The van der Waals surface area contributed by atoms with Crippen LogP contribution in [-0.2, 0) is 6.42 Å². The van der Waals surface area contributed by atoms with Crippen LogP contribution in [0.15, 0.2) is 78.9 Å². The molecular weight excluding hydrogens is 350 g/mol. The van der Waals surface area contributed by atoms with Crippen molar-refractivity contribution in [1.82, 2.24) is 5.32 Å². The fourth-order valence-corrected chi connectivity index (χ4v) is 3.09. The lowest BCUT2D eigenvalue weighted by Crippen LogP contribution is -2.33. The van der Waals surface area contributed by atoms with Gasteiger partial charge in [-0.15, -0.1) is 0 Å². The second-order valence-corrected chi connectivity index (χ2v) is 6.79. The van der Waals surface area contributed by atoms with E-state index >= 15 is 0 Å². The highest BCUT2D eigenvalue weighted by molar-refractivity contribution is 7.80. The van der Waals surface area contributed by atoms with Gasteiger partial charge in [-0.3, -0.25) is 0 Å². The second kappa shape index (κ2) is 8.98. The molecule has 0 saturated carbocycles. The SMILES string of the molecule is Cc1ccc([C@@H](NC(=S)Nc2ccc(CC#N)cc2)c2ccccc2)cc1. The number of nitrogens with zero attached hydrogens (tertiary/aromatic N) is 1. The molecule has 4 heteroatoms. The predicted octanol–water partition coefficient (Wildman–Crippen LogP) is 5.14. The zero-order valence-electron chi connectivity index (χ0n) is 15.1. The van der Waals surface area contributed by atoms with Gasteiger partial charge in [0.05, 0.1) is 18.5 Å². The van der Waals surface area contributed by atoms with E-state index in [2.05, 4.69) is 60.0 Å². The molecule has 0 amide bonds. The van der Waals surface area contributed by atoms with E-state index in [1.807, 2.05) is 42.5 Å². The number of hydrogen-bond acceptors (Lipinski definition) is 2. The Morgan fingerprint density at radius 1 is 0.926 bits per heavy atom. The summed E-state index contributed by atoms with van der Waals surface area (Å²) in [5.41, 5.74) is 5.41. The lowest BCUT2D eigenvalue weighted by Gasteiger charge is -2.22. The standard InChI is InChI=1S/C23H21N3S/c1-17-7-11-20(12-8-17)22(19-5-3-2-4-6-19)26-23(27)25-21-13-9-18(10-14-21)15-16-24/h2-14,22H,15H2,1H3,(H2,25,26,27)/t22-/m0/s1. The summed E-state index contributed by atoms with van der Waals surface area (Å²) >= 11 is 5.55. The Bertz CT molecular complexity index is 926. The number of hydrogen-bond donors (Lipinski definition) is 2. The molecule has 0 fully saturated rings. The summed E-state index contributed by atoms with van der Waals surface area (Å²) in [5.74, 6) is 0. The highest BCUT2D eigenvalue weighted by Gasteiger charge is 2.15. The Morgan fingerprint density at radius 3 is 2.19 bits per heavy atom. The van der Waals surface area contributed by atoms with Crippen molar-refractivity contribution in [2.75, 3.05) is 5.32 Å². The van der Waals surface area contributed by atoms with Gasteiger partial charge >= 0.3 is 0 Å². The van der Waals surface area contributed by atoms with Crippen molar-refractivity contribution in [3.63, 3.8) is 0 Å². The molecule has 1 atom stereocenters. The minimum atomic E-state index is -0.0373. The summed E-state index contributed by atoms with van der Waals surface area (Å²) in [5, 5.41) is 16.0. The van der Waals surface area contributed by atoms with E-state index in [-0.39, 0.29) is 6.04 Å². The predicted molar refractivity (Wildman–Crippen MR) is 115 cm³/mol. The van der Waals surface area contributed by atoms with Gasteiger partial charge in [0, 0.05) is 5.69 Å². The number of nitrogens with one attached hydrogen (secondary N) is 2. The lowest BCUT2D eigenvalue weighted by atomic mass is 9.98. The van der Waals surface area contributed by atoms with Crippen LogP contribution in [0.1, 0.15) is 28.3 Å². The highest BCUT2D eigenvalue weighted by atomic mass is 32.1. The van der Waals surface area contributed by atoms with Crippen molar-refractivity contribution in [1.29, 1.82) is 5.26 Å². The molecule has 2 N–H and O–H groups in total. The van der Waals surface area contributed by atoms with Gasteiger partial charge in [-0.2, -0.15) is 5.26 Å². The molecule has 0 aromatic heterocycles. The first-order valence-electron chi connectivity index (χ1n) is 8.80. The smallest absolute Gasteiger partial charge is 0.171 e. The van der Waals surface area contributed by atoms with Crippen LogP contribution in [0.25, 0.3) is 0 Å². The van der Waals surface area contributed by atoms with Gasteiger partial charge in [0.25, 0.3) is 0 Å². The van der Waals surface area contributed by atoms with Gasteiger partial charge in [0.2, 0.25) is 0 Å². The number of thiocarbonyl (C=S) groups is 1. The maximum atomic E-state index is 8.77. The van der Waals surface area contributed by atoms with Crippen molar-refractivity contribution in [2.24, 2.45) is 0 Å². The average molecular weight is 372 g/mol. The van der Waals surface area contributed by atoms with E-state index in [4.69, 9.17) is 17.5 Å². The first-order chi connectivity index (χ1) is 13.2. The first-order valence-corrected chi connectivity index (χ1v) is 9.21. The van der Waals surface area contributed by atoms with E-state index in [9.17, 15) is 0 Å². The first kappa shape index (κ1) is 18.6. The fourth-order valence-electron chi connectivity index (χ4n) is 2.86. The highest BCUT2D eigenvalue weighted by Crippen LogP contribution is 2.22. The lowest BCUT2D eigenvalue weighted by molar-refractivity contribution is 0.768. The molecule has 0 heterocycles. The molecule has 0 aliphatic carbocycles. The average Bonchev–Trinajstić information content (AvgIpc) is 2.69. The Morgan fingerprint density at radius 2 is 1.56 bits per heavy atom. The van der Waals surface area contributed by atoms with Crippen LogP contribution in [0, 0.1) is 18.3 Å². The zero-order valence-corrected chi connectivity index (χ0v) is 16.0. The summed E-state index contributed by atoms with van der Waals surface area (Å²) in [4.78, 5) is 0. The van der Waals surface area contributed by atoms with Gasteiger partial charge in [-0.05, 0) is 48.0 Å². The molecular formula is C23H21N3S. The van der Waals surface area contributed by atoms with Gasteiger partial charge in [0.1, 0.15) is 0 Å². The molecule has 3 aromatic rings. The normalized spacial score (nSPS) is 11.3. The van der Waals surface area contributed by atoms with Crippen LogP contribution >= 0.6 is 12.2 Å². The van der Waals surface area contributed by atoms with Crippen LogP contribution in [0.5, 0.6) is 0 Å². The molecule has 3 nitrogen and oxygen atoms in total. The molecule has 0 spiro atoms. The van der Waals surface area contributed by atoms with Crippen LogP contribution in [0.4, 0.5) is 5.69 Å². The third-order valence-corrected chi connectivity index (χ3v) is 4.53. The van der Waals surface area contributed by atoms with Crippen molar-refractivity contribution < 1.29 is 0 Å². The number of anilines is 1. The number of benzene rings is 3. The topological polar surface area (TPSA) is 47.8 Å².